The number of rotatable bonds is 1. The van der Waals surface area contributed by atoms with Gasteiger partial charge in [-0.1, -0.05) is 6.07 Å². The van der Waals surface area contributed by atoms with E-state index < -0.39 is 0 Å². The van der Waals surface area contributed by atoms with Crippen LogP contribution in [0.4, 0.5) is 5.69 Å². The third-order valence-corrected chi connectivity index (χ3v) is 2.20. The summed E-state index contributed by atoms with van der Waals surface area (Å²) in [5.41, 5.74) is 1.42. The first-order valence-electron chi connectivity index (χ1n) is 4.52. The monoisotopic (exact) mass is 192 g/mol. The van der Waals surface area contributed by atoms with E-state index in [9.17, 15) is 4.79 Å². The summed E-state index contributed by atoms with van der Waals surface area (Å²) in [6, 6.07) is 5.43. The van der Waals surface area contributed by atoms with Crippen molar-refractivity contribution in [2.75, 3.05) is 25.5 Å². The van der Waals surface area contributed by atoms with E-state index in [1.807, 2.05) is 12.1 Å². The quantitative estimate of drug-likeness (QED) is 0.693. The molecule has 0 spiro atoms. The molecule has 4 nitrogen and oxygen atoms in total. The molecule has 74 valence electrons. The number of anilines is 1. The van der Waals surface area contributed by atoms with Crippen LogP contribution in [0.25, 0.3) is 0 Å². The molecule has 0 radical (unpaired) electrons. The van der Waals surface area contributed by atoms with Crippen LogP contribution in [-0.4, -0.2) is 26.1 Å². The molecule has 0 fully saturated rings. The van der Waals surface area contributed by atoms with E-state index in [0.29, 0.717) is 17.9 Å². The van der Waals surface area contributed by atoms with E-state index in [1.165, 1.54) is 0 Å². The fraction of sp³-hybridized carbons (Fsp3) is 0.300. The SMILES string of the molecule is COc1cccc2c1NCCNC2=O. The third-order valence-electron chi connectivity index (χ3n) is 2.20. The molecule has 0 saturated carbocycles. The number of methoxy groups -OCH3 is 1. The van der Waals surface area contributed by atoms with E-state index in [0.717, 1.165) is 12.2 Å². The van der Waals surface area contributed by atoms with Gasteiger partial charge in [-0.15, -0.1) is 0 Å². The van der Waals surface area contributed by atoms with Crippen molar-refractivity contribution in [1.29, 1.82) is 0 Å². The van der Waals surface area contributed by atoms with Crippen LogP contribution in [0.3, 0.4) is 0 Å². The number of fused-ring (bicyclic) bond motifs is 1. The van der Waals surface area contributed by atoms with Gasteiger partial charge in [-0.2, -0.15) is 0 Å². The Kier molecular flexibility index (Phi) is 2.26. The largest absolute Gasteiger partial charge is 0.495 e. The van der Waals surface area contributed by atoms with Crippen molar-refractivity contribution in [3.63, 3.8) is 0 Å². The lowest BCUT2D eigenvalue weighted by atomic mass is 10.1. The van der Waals surface area contributed by atoms with Gasteiger partial charge in [-0.25, -0.2) is 0 Å². The molecule has 0 atom stereocenters. The van der Waals surface area contributed by atoms with E-state index in [4.69, 9.17) is 4.74 Å². The highest BCUT2D eigenvalue weighted by atomic mass is 16.5. The van der Waals surface area contributed by atoms with Gasteiger partial charge in [0.1, 0.15) is 5.75 Å². The maximum atomic E-state index is 11.6. The number of benzene rings is 1. The Labute approximate surface area is 82.3 Å². The minimum Gasteiger partial charge on any atom is -0.495 e. The normalized spacial score (nSPS) is 14.8. The zero-order valence-electron chi connectivity index (χ0n) is 7.96. The van der Waals surface area contributed by atoms with E-state index in [1.54, 1.807) is 13.2 Å². The van der Waals surface area contributed by atoms with Crippen molar-refractivity contribution >= 4 is 11.6 Å². The van der Waals surface area contributed by atoms with E-state index in [2.05, 4.69) is 10.6 Å². The highest BCUT2D eigenvalue weighted by molar-refractivity contribution is 6.01. The van der Waals surface area contributed by atoms with Gasteiger partial charge in [-0.3, -0.25) is 4.79 Å². The summed E-state index contributed by atoms with van der Waals surface area (Å²) in [4.78, 5) is 11.6. The van der Waals surface area contributed by atoms with Gasteiger partial charge in [0, 0.05) is 13.1 Å². The Morgan fingerprint density at radius 3 is 2.86 bits per heavy atom. The zero-order valence-corrected chi connectivity index (χ0v) is 7.96. The first kappa shape index (κ1) is 8.87. The molecule has 1 amide bonds. The van der Waals surface area contributed by atoms with Crippen molar-refractivity contribution in [2.45, 2.75) is 0 Å². The van der Waals surface area contributed by atoms with Crippen LogP contribution in [0.2, 0.25) is 0 Å². The Bertz CT molecular complexity index is 363. The minimum absolute atomic E-state index is 0.0519. The lowest BCUT2D eigenvalue weighted by molar-refractivity contribution is 0.0958. The fourth-order valence-corrected chi connectivity index (χ4v) is 1.53. The maximum Gasteiger partial charge on any atom is 0.253 e. The van der Waals surface area contributed by atoms with Crippen LogP contribution in [0.5, 0.6) is 5.75 Å². The number of hydrogen-bond acceptors (Lipinski definition) is 3. The highest BCUT2D eigenvalue weighted by Crippen LogP contribution is 2.28. The first-order valence-corrected chi connectivity index (χ1v) is 4.52. The Morgan fingerprint density at radius 1 is 1.29 bits per heavy atom. The van der Waals surface area contributed by atoms with Gasteiger partial charge in [-0.05, 0) is 12.1 Å². The molecule has 1 aliphatic rings. The van der Waals surface area contributed by atoms with Crippen LogP contribution >= 0.6 is 0 Å². The molecule has 0 bridgehead atoms. The lowest BCUT2D eigenvalue weighted by Gasteiger charge is -2.10. The molecular formula is C10H12N2O2. The number of carbonyl (C=O) groups is 1. The first-order chi connectivity index (χ1) is 6.83. The molecular weight excluding hydrogens is 180 g/mol. The molecule has 0 saturated heterocycles. The molecule has 2 rings (SSSR count). The Morgan fingerprint density at radius 2 is 2.07 bits per heavy atom. The number of carbonyl (C=O) groups excluding carboxylic acids is 1. The molecule has 4 heteroatoms. The summed E-state index contributed by atoms with van der Waals surface area (Å²) in [6.45, 7) is 1.36. The summed E-state index contributed by atoms with van der Waals surface area (Å²) < 4.78 is 5.17. The van der Waals surface area contributed by atoms with Gasteiger partial charge in [0.05, 0.1) is 18.4 Å². The molecule has 1 aromatic carbocycles. The summed E-state index contributed by atoms with van der Waals surface area (Å²) >= 11 is 0. The van der Waals surface area contributed by atoms with Crippen molar-refractivity contribution < 1.29 is 9.53 Å². The van der Waals surface area contributed by atoms with E-state index >= 15 is 0 Å². The van der Waals surface area contributed by atoms with Crippen LogP contribution < -0.4 is 15.4 Å². The second kappa shape index (κ2) is 3.57. The standard InChI is InChI=1S/C10H12N2O2/c1-14-8-4-2-3-7-9(8)11-5-6-12-10(7)13/h2-4,11H,5-6H2,1H3,(H,12,13). The van der Waals surface area contributed by atoms with Crippen molar-refractivity contribution in [3.05, 3.63) is 23.8 Å². The molecule has 2 N–H and O–H groups in total. The van der Waals surface area contributed by atoms with Crippen LogP contribution in [0, 0.1) is 0 Å². The third kappa shape index (κ3) is 1.39. The number of amides is 1. The maximum absolute atomic E-state index is 11.6. The summed E-state index contributed by atoms with van der Waals surface area (Å²) in [7, 11) is 1.60. The molecule has 14 heavy (non-hydrogen) atoms. The zero-order chi connectivity index (χ0) is 9.97. The topological polar surface area (TPSA) is 50.4 Å². The number of para-hydroxylation sites is 1. The summed E-state index contributed by atoms with van der Waals surface area (Å²) in [5, 5.41) is 5.96. The van der Waals surface area contributed by atoms with Crippen molar-refractivity contribution in [3.8, 4) is 5.75 Å². The Balaban J connectivity index is 2.51. The predicted molar refractivity (Wildman–Crippen MR) is 53.8 cm³/mol. The van der Waals surface area contributed by atoms with Gasteiger partial charge in [0.15, 0.2) is 0 Å². The van der Waals surface area contributed by atoms with Crippen molar-refractivity contribution in [1.82, 2.24) is 5.32 Å². The molecule has 1 aliphatic heterocycles. The molecule has 0 aromatic heterocycles. The number of ether oxygens (including phenoxy) is 1. The van der Waals surface area contributed by atoms with Crippen LogP contribution in [0.1, 0.15) is 10.4 Å². The second-order valence-corrected chi connectivity index (χ2v) is 3.07. The Hall–Kier alpha value is -1.71. The van der Waals surface area contributed by atoms with Gasteiger partial charge < -0.3 is 15.4 Å². The number of nitrogens with one attached hydrogen (secondary N) is 2. The van der Waals surface area contributed by atoms with Crippen molar-refractivity contribution in [2.24, 2.45) is 0 Å². The average Bonchev–Trinajstić information content (AvgIpc) is 2.41. The average molecular weight is 192 g/mol. The summed E-state index contributed by atoms with van der Waals surface area (Å²) in [5.74, 6) is 0.656. The minimum atomic E-state index is -0.0519. The number of hydrogen-bond donors (Lipinski definition) is 2. The second-order valence-electron chi connectivity index (χ2n) is 3.07. The highest BCUT2D eigenvalue weighted by Gasteiger charge is 2.17. The smallest absolute Gasteiger partial charge is 0.253 e. The van der Waals surface area contributed by atoms with Crippen LogP contribution in [-0.2, 0) is 0 Å². The van der Waals surface area contributed by atoms with Crippen LogP contribution in [0.15, 0.2) is 18.2 Å². The van der Waals surface area contributed by atoms with Gasteiger partial charge in [0.2, 0.25) is 0 Å². The molecule has 1 heterocycles. The molecule has 0 unspecified atom stereocenters. The van der Waals surface area contributed by atoms with Gasteiger partial charge >= 0.3 is 0 Å². The molecule has 0 aliphatic carbocycles. The van der Waals surface area contributed by atoms with E-state index in [-0.39, 0.29) is 5.91 Å². The lowest BCUT2D eigenvalue weighted by Crippen LogP contribution is -2.24. The fourth-order valence-electron chi connectivity index (χ4n) is 1.53. The summed E-state index contributed by atoms with van der Waals surface area (Å²) in [6.07, 6.45) is 0. The molecule has 1 aromatic rings. The van der Waals surface area contributed by atoms with Gasteiger partial charge in [0.25, 0.3) is 5.91 Å². The predicted octanol–water partition coefficient (Wildman–Crippen LogP) is 0.850.